The molecular weight excluding hydrogens is 552 g/mol. The second-order valence-corrected chi connectivity index (χ2v) is 11.0. The lowest BCUT2D eigenvalue weighted by Crippen LogP contribution is -2.40. The summed E-state index contributed by atoms with van der Waals surface area (Å²) in [7, 11) is 1.35. The zero-order valence-electron chi connectivity index (χ0n) is 25.0. The van der Waals surface area contributed by atoms with Crippen molar-refractivity contribution in [3.8, 4) is 5.75 Å². The first-order valence-corrected chi connectivity index (χ1v) is 15.1. The Bertz CT molecular complexity index is 1540. The number of nitrogens with one attached hydrogen (secondary N) is 1. The Hall–Kier alpha value is -4.91. The van der Waals surface area contributed by atoms with Crippen LogP contribution in [0.5, 0.6) is 5.75 Å². The van der Waals surface area contributed by atoms with E-state index in [1.165, 1.54) is 7.11 Å². The number of rotatable bonds is 14. The van der Waals surface area contributed by atoms with Gasteiger partial charge in [-0.15, -0.1) is 0 Å². The second-order valence-electron chi connectivity index (χ2n) is 11.0. The Kier molecular flexibility index (Phi) is 10.4. The molecule has 4 aromatic carbocycles. The highest BCUT2D eigenvalue weighted by Gasteiger charge is 2.30. The fourth-order valence-electron chi connectivity index (χ4n) is 5.30. The maximum absolute atomic E-state index is 13.2. The molecule has 0 heterocycles. The van der Waals surface area contributed by atoms with Crippen LogP contribution in [0.1, 0.15) is 47.2 Å². The number of anilines is 2. The average molecular weight is 591 g/mol. The molecule has 1 amide bonds. The van der Waals surface area contributed by atoms with Gasteiger partial charge < -0.3 is 19.7 Å². The van der Waals surface area contributed by atoms with Crippen molar-refractivity contribution in [1.29, 1.82) is 0 Å². The Labute approximate surface area is 258 Å². The largest absolute Gasteiger partial charge is 0.494 e. The molecule has 1 aliphatic carbocycles. The van der Waals surface area contributed by atoms with Crippen LogP contribution in [0.25, 0.3) is 0 Å². The lowest BCUT2D eigenvalue weighted by molar-refractivity contribution is -0.141. The van der Waals surface area contributed by atoms with Crippen LogP contribution in [0.15, 0.2) is 109 Å². The molecule has 0 unspecified atom stereocenters. The number of ketones is 1. The van der Waals surface area contributed by atoms with Gasteiger partial charge in [0.05, 0.1) is 13.7 Å². The van der Waals surface area contributed by atoms with Gasteiger partial charge in [-0.05, 0) is 61.2 Å². The quantitative estimate of drug-likeness (QED) is 0.0998. The molecule has 1 aliphatic rings. The van der Waals surface area contributed by atoms with Crippen molar-refractivity contribution in [3.05, 3.63) is 126 Å². The topological polar surface area (TPSA) is 84.9 Å². The summed E-state index contributed by atoms with van der Waals surface area (Å²) in [6, 6.07) is 33.0. The van der Waals surface area contributed by atoms with E-state index in [0.717, 1.165) is 30.5 Å². The van der Waals surface area contributed by atoms with Gasteiger partial charge in [0.2, 0.25) is 5.91 Å². The molecule has 5 rings (SSSR count). The Balaban J connectivity index is 1.18. The number of carbonyl (C=O) groups excluding carboxylic acids is 3. The highest BCUT2D eigenvalue weighted by Crippen LogP contribution is 2.30. The average Bonchev–Trinajstić information content (AvgIpc) is 3.04. The highest BCUT2D eigenvalue weighted by atomic mass is 16.5. The summed E-state index contributed by atoms with van der Waals surface area (Å²) in [5.41, 5.74) is 3.46. The minimum atomic E-state index is -0.700. The molecule has 0 radical (unpaired) electrons. The molecular formula is C37H38N2O5. The molecule has 1 saturated carbocycles. The van der Waals surface area contributed by atoms with Gasteiger partial charge in [-0.25, -0.2) is 4.79 Å². The number of ether oxygens (including phenoxy) is 2. The number of para-hydroxylation sites is 2. The molecule has 0 aromatic heterocycles. The number of esters is 1. The van der Waals surface area contributed by atoms with Gasteiger partial charge >= 0.3 is 5.97 Å². The van der Waals surface area contributed by atoms with Crippen molar-refractivity contribution in [2.75, 3.05) is 30.5 Å². The van der Waals surface area contributed by atoms with Gasteiger partial charge in [-0.1, -0.05) is 79.2 Å². The number of hydrogen-bond acceptors (Lipinski definition) is 6. The van der Waals surface area contributed by atoms with E-state index in [0.29, 0.717) is 48.6 Å². The van der Waals surface area contributed by atoms with Gasteiger partial charge in [0, 0.05) is 41.4 Å². The van der Waals surface area contributed by atoms with Gasteiger partial charge in [0.15, 0.2) is 5.78 Å². The zero-order valence-corrected chi connectivity index (χ0v) is 25.0. The van der Waals surface area contributed by atoms with Crippen LogP contribution >= 0.6 is 0 Å². The van der Waals surface area contributed by atoms with Crippen molar-refractivity contribution >= 4 is 29.0 Å². The van der Waals surface area contributed by atoms with Crippen LogP contribution < -0.4 is 15.0 Å². The van der Waals surface area contributed by atoms with Crippen molar-refractivity contribution < 1.29 is 23.9 Å². The first-order valence-electron chi connectivity index (χ1n) is 15.1. The molecule has 0 bridgehead atoms. The normalized spacial score (nSPS) is 13.3. The summed E-state index contributed by atoms with van der Waals surface area (Å²) < 4.78 is 11.1. The summed E-state index contributed by atoms with van der Waals surface area (Å²) >= 11 is 0. The van der Waals surface area contributed by atoms with Gasteiger partial charge in [0.25, 0.3) is 0 Å². The molecule has 226 valence electrons. The third-order valence-electron chi connectivity index (χ3n) is 7.97. The maximum atomic E-state index is 13.2. The first-order chi connectivity index (χ1) is 21.5. The third-order valence-corrected chi connectivity index (χ3v) is 7.97. The van der Waals surface area contributed by atoms with Crippen LogP contribution in [0, 0.1) is 5.92 Å². The minimum absolute atomic E-state index is 0.127. The predicted molar refractivity (Wildman–Crippen MR) is 172 cm³/mol. The summed E-state index contributed by atoms with van der Waals surface area (Å²) in [6.07, 6.45) is 4.11. The maximum Gasteiger partial charge on any atom is 0.328 e. The van der Waals surface area contributed by atoms with E-state index in [9.17, 15) is 14.4 Å². The number of amides is 1. The smallest absolute Gasteiger partial charge is 0.328 e. The Morgan fingerprint density at radius 3 is 2.16 bits per heavy atom. The SMILES string of the molecule is COC(=O)[C@H](Cc1ccc(OCCCN(C(=O)C2CCC2)c2ccccc2)cc1)Nc1ccccc1C(=O)c1ccccc1. The lowest BCUT2D eigenvalue weighted by atomic mass is 9.84. The van der Waals surface area contributed by atoms with E-state index in [-0.39, 0.29) is 17.6 Å². The van der Waals surface area contributed by atoms with Crippen LogP contribution in [-0.4, -0.2) is 44.0 Å². The Morgan fingerprint density at radius 1 is 0.841 bits per heavy atom. The molecule has 1 N–H and O–H groups in total. The monoisotopic (exact) mass is 590 g/mol. The molecule has 0 saturated heterocycles. The molecule has 1 fully saturated rings. The summed E-state index contributed by atoms with van der Waals surface area (Å²) in [5.74, 6) is 0.494. The molecule has 0 spiro atoms. The van der Waals surface area contributed by atoms with Crippen LogP contribution in [-0.2, 0) is 20.7 Å². The molecule has 1 atom stereocenters. The summed E-state index contributed by atoms with van der Waals surface area (Å²) in [6.45, 7) is 1.07. The van der Waals surface area contributed by atoms with E-state index in [1.807, 2.05) is 83.8 Å². The molecule has 7 heteroatoms. The van der Waals surface area contributed by atoms with Crippen molar-refractivity contribution in [2.45, 2.75) is 38.1 Å². The Morgan fingerprint density at radius 2 is 1.50 bits per heavy atom. The third kappa shape index (κ3) is 7.72. The number of methoxy groups -OCH3 is 1. The number of benzene rings is 4. The standard InChI is InChI=1S/C37H38N2O5/c1-43-37(42)34(38-33-19-9-8-18-32(33)35(40)28-12-4-2-5-13-28)26-27-20-22-31(23-21-27)44-25-11-24-39(30-16-6-3-7-17-30)36(41)29-14-10-15-29/h2-9,12-13,16-23,29,34,38H,10-11,14-15,24-26H2,1H3/t34-/m0/s1. The fraction of sp³-hybridized carbons (Fsp3) is 0.270. The van der Waals surface area contributed by atoms with Crippen molar-refractivity contribution in [2.24, 2.45) is 5.92 Å². The molecule has 7 nitrogen and oxygen atoms in total. The molecule has 4 aromatic rings. The molecule has 44 heavy (non-hydrogen) atoms. The zero-order chi connectivity index (χ0) is 30.7. The number of nitrogens with zero attached hydrogens (tertiary/aromatic N) is 1. The predicted octanol–water partition coefficient (Wildman–Crippen LogP) is 6.72. The molecule has 0 aliphatic heterocycles. The van der Waals surface area contributed by atoms with Crippen LogP contribution in [0.3, 0.4) is 0 Å². The van der Waals surface area contributed by atoms with Crippen LogP contribution in [0.2, 0.25) is 0 Å². The van der Waals surface area contributed by atoms with Gasteiger partial charge in [-0.2, -0.15) is 0 Å². The minimum Gasteiger partial charge on any atom is -0.494 e. The first kappa shape index (κ1) is 30.5. The van der Waals surface area contributed by atoms with Crippen LogP contribution in [0.4, 0.5) is 11.4 Å². The van der Waals surface area contributed by atoms with Crippen molar-refractivity contribution in [3.63, 3.8) is 0 Å². The second kappa shape index (κ2) is 15.0. The summed E-state index contributed by atoms with van der Waals surface area (Å²) in [5, 5.41) is 3.24. The van der Waals surface area contributed by atoms with E-state index in [1.54, 1.807) is 30.3 Å². The number of hydrogen-bond donors (Lipinski definition) is 1. The van der Waals surface area contributed by atoms with Crippen molar-refractivity contribution in [1.82, 2.24) is 0 Å². The van der Waals surface area contributed by atoms with Gasteiger partial charge in [0.1, 0.15) is 11.8 Å². The van der Waals surface area contributed by atoms with E-state index >= 15 is 0 Å². The highest BCUT2D eigenvalue weighted by molar-refractivity contribution is 6.12. The number of carbonyl (C=O) groups is 3. The van der Waals surface area contributed by atoms with E-state index < -0.39 is 12.0 Å². The van der Waals surface area contributed by atoms with E-state index in [4.69, 9.17) is 9.47 Å². The van der Waals surface area contributed by atoms with Gasteiger partial charge in [-0.3, -0.25) is 9.59 Å². The fourth-order valence-corrected chi connectivity index (χ4v) is 5.30. The van der Waals surface area contributed by atoms with E-state index in [2.05, 4.69) is 5.32 Å². The lowest BCUT2D eigenvalue weighted by Gasteiger charge is -2.31. The summed E-state index contributed by atoms with van der Waals surface area (Å²) in [4.78, 5) is 40.9.